The van der Waals surface area contributed by atoms with Gasteiger partial charge in [-0.1, -0.05) is 23.2 Å². The van der Waals surface area contributed by atoms with Gasteiger partial charge in [-0.3, -0.25) is 10.1 Å². The fourth-order valence-electron chi connectivity index (χ4n) is 1.39. The van der Waals surface area contributed by atoms with Crippen molar-refractivity contribution in [2.24, 2.45) is 0 Å². The van der Waals surface area contributed by atoms with Gasteiger partial charge >= 0.3 is 0 Å². The van der Waals surface area contributed by atoms with Crippen molar-refractivity contribution >= 4 is 28.9 Å². The van der Waals surface area contributed by atoms with Gasteiger partial charge in [0.15, 0.2) is 0 Å². The maximum absolute atomic E-state index is 10.6. The van der Waals surface area contributed by atoms with Gasteiger partial charge in [-0.25, -0.2) is 0 Å². The highest BCUT2D eigenvalue weighted by Gasteiger charge is 2.28. The van der Waals surface area contributed by atoms with E-state index in [0.29, 0.717) is 10.9 Å². The van der Waals surface area contributed by atoms with E-state index in [9.17, 15) is 10.1 Å². The Morgan fingerprint density at radius 1 is 1.36 bits per heavy atom. The van der Waals surface area contributed by atoms with Crippen LogP contribution in [0.5, 0.6) is 0 Å². The van der Waals surface area contributed by atoms with Crippen molar-refractivity contribution in [3.05, 3.63) is 37.9 Å². The van der Waals surface area contributed by atoms with E-state index < -0.39 is 4.92 Å². The van der Waals surface area contributed by atoms with E-state index in [4.69, 9.17) is 23.2 Å². The van der Waals surface area contributed by atoms with Crippen molar-refractivity contribution in [3.8, 4) is 0 Å². The van der Waals surface area contributed by atoms with Crippen LogP contribution < -0.4 is 0 Å². The second kappa shape index (κ2) is 3.41. The molecule has 0 bridgehead atoms. The first kappa shape index (κ1) is 9.74. The molecule has 1 aliphatic rings. The molecule has 5 heteroatoms. The first-order valence-electron chi connectivity index (χ1n) is 4.23. The van der Waals surface area contributed by atoms with E-state index in [2.05, 4.69) is 0 Å². The third-order valence-electron chi connectivity index (χ3n) is 2.27. The zero-order valence-corrected chi connectivity index (χ0v) is 8.68. The molecule has 0 heterocycles. The Labute approximate surface area is 90.8 Å². The van der Waals surface area contributed by atoms with Crippen LogP contribution in [0.25, 0.3) is 0 Å². The zero-order chi connectivity index (χ0) is 10.3. The lowest BCUT2D eigenvalue weighted by atomic mass is 10.1. The van der Waals surface area contributed by atoms with Crippen molar-refractivity contribution in [1.82, 2.24) is 0 Å². The van der Waals surface area contributed by atoms with E-state index in [1.807, 2.05) is 0 Å². The monoisotopic (exact) mass is 231 g/mol. The van der Waals surface area contributed by atoms with Crippen molar-refractivity contribution in [2.75, 3.05) is 0 Å². The summed E-state index contributed by atoms with van der Waals surface area (Å²) in [6.45, 7) is 0. The number of nitrogens with zero attached hydrogens (tertiary/aromatic N) is 1. The van der Waals surface area contributed by atoms with Crippen molar-refractivity contribution in [3.63, 3.8) is 0 Å². The van der Waals surface area contributed by atoms with Crippen LogP contribution in [0.3, 0.4) is 0 Å². The van der Waals surface area contributed by atoms with Gasteiger partial charge in [0.05, 0.1) is 15.0 Å². The third-order valence-corrected chi connectivity index (χ3v) is 3.09. The Hall–Kier alpha value is -0.800. The number of hydrogen-bond acceptors (Lipinski definition) is 2. The lowest BCUT2D eigenvalue weighted by Gasteiger charge is -2.03. The predicted octanol–water partition coefficient (Wildman–Crippen LogP) is 3.78. The van der Waals surface area contributed by atoms with Gasteiger partial charge in [-0.15, -0.1) is 0 Å². The molecular weight excluding hydrogens is 225 g/mol. The van der Waals surface area contributed by atoms with Gasteiger partial charge in [0.2, 0.25) is 0 Å². The van der Waals surface area contributed by atoms with Gasteiger partial charge in [-0.2, -0.15) is 0 Å². The maximum atomic E-state index is 10.6. The fraction of sp³-hybridized carbons (Fsp3) is 0.333. The third kappa shape index (κ3) is 1.70. The fourth-order valence-corrected chi connectivity index (χ4v) is 1.88. The van der Waals surface area contributed by atoms with Crippen molar-refractivity contribution in [1.29, 1.82) is 0 Å². The van der Waals surface area contributed by atoms with Crippen LogP contribution in [-0.2, 0) is 0 Å². The summed E-state index contributed by atoms with van der Waals surface area (Å²) in [6, 6.07) is 2.81. The van der Waals surface area contributed by atoms with Gasteiger partial charge in [0.1, 0.15) is 0 Å². The van der Waals surface area contributed by atoms with Crippen molar-refractivity contribution < 1.29 is 4.92 Å². The molecular formula is C9H7Cl2NO2. The predicted molar refractivity (Wildman–Crippen MR) is 55.1 cm³/mol. The Bertz CT molecular complexity index is 402. The second-order valence-corrected chi connectivity index (χ2v) is 4.15. The number of halogens is 2. The molecule has 0 amide bonds. The largest absolute Gasteiger partial charge is 0.271 e. The summed E-state index contributed by atoms with van der Waals surface area (Å²) in [5.41, 5.74) is 0.826. The van der Waals surface area contributed by atoms with Gasteiger partial charge in [0.25, 0.3) is 5.69 Å². The molecule has 74 valence electrons. The number of hydrogen-bond donors (Lipinski definition) is 0. The average Bonchev–Trinajstić information content (AvgIpc) is 2.92. The molecule has 1 saturated carbocycles. The van der Waals surface area contributed by atoms with Crippen LogP contribution in [0.15, 0.2) is 12.1 Å². The SMILES string of the molecule is O=[N+]([O-])c1cc(Cl)c(Cl)c(C2CC2)c1. The highest BCUT2D eigenvalue weighted by Crippen LogP contribution is 2.46. The van der Waals surface area contributed by atoms with Crippen LogP contribution in [0, 0.1) is 10.1 Å². The highest BCUT2D eigenvalue weighted by molar-refractivity contribution is 6.42. The van der Waals surface area contributed by atoms with E-state index in [0.717, 1.165) is 18.4 Å². The zero-order valence-electron chi connectivity index (χ0n) is 7.17. The minimum absolute atomic E-state index is 0.0151. The molecule has 1 aliphatic carbocycles. The molecule has 0 spiro atoms. The minimum atomic E-state index is -0.450. The summed E-state index contributed by atoms with van der Waals surface area (Å²) in [6.07, 6.45) is 2.08. The summed E-state index contributed by atoms with van der Waals surface area (Å²) in [5.74, 6) is 0.361. The molecule has 3 nitrogen and oxygen atoms in total. The number of nitro benzene ring substituents is 1. The number of nitro groups is 1. The van der Waals surface area contributed by atoms with E-state index >= 15 is 0 Å². The standard InChI is InChI=1S/C9H7Cl2NO2/c10-8-4-6(12(13)14)3-7(9(8)11)5-1-2-5/h3-5H,1-2H2. The Kier molecular flexibility index (Phi) is 2.37. The van der Waals surface area contributed by atoms with E-state index in [-0.39, 0.29) is 10.7 Å². The molecule has 0 radical (unpaired) electrons. The van der Waals surface area contributed by atoms with Crippen LogP contribution in [0.2, 0.25) is 10.0 Å². The normalized spacial score (nSPS) is 15.6. The Morgan fingerprint density at radius 2 is 2.00 bits per heavy atom. The summed E-state index contributed by atoms with van der Waals surface area (Å²) in [7, 11) is 0. The molecule has 1 fully saturated rings. The maximum Gasteiger partial charge on any atom is 0.271 e. The van der Waals surface area contributed by atoms with Crippen molar-refractivity contribution in [2.45, 2.75) is 18.8 Å². The number of benzene rings is 1. The lowest BCUT2D eigenvalue weighted by molar-refractivity contribution is -0.384. The topological polar surface area (TPSA) is 43.1 Å². The molecule has 0 aliphatic heterocycles. The van der Waals surface area contributed by atoms with E-state index in [1.165, 1.54) is 12.1 Å². The molecule has 14 heavy (non-hydrogen) atoms. The van der Waals surface area contributed by atoms with E-state index in [1.54, 1.807) is 0 Å². The molecule has 0 unspecified atom stereocenters. The Morgan fingerprint density at radius 3 is 2.50 bits per heavy atom. The lowest BCUT2D eigenvalue weighted by Crippen LogP contribution is -1.91. The first-order valence-corrected chi connectivity index (χ1v) is 4.98. The smallest absolute Gasteiger partial charge is 0.258 e. The summed E-state index contributed by atoms with van der Waals surface area (Å²) in [5, 5.41) is 11.3. The quantitative estimate of drug-likeness (QED) is 0.575. The van der Waals surface area contributed by atoms with Crippen LogP contribution in [0.4, 0.5) is 5.69 Å². The highest BCUT2D eigenvalue weighted by atomic mass is 35.5. The minimum Gasteiger partial charge on any atom is -0.258 e. The first-order chi connectivity index (χ1) is 6.59. The Balaban J connectivity index is 2.52. The van der Waals surface area contributed by atoms with Gasteiger partial charge in [0, 0.05) is 12.1 Å². The number of non-ortho nitro benzene ring substituents is 1. The van der Waals surface area contributed by atoms with Gasteiger partial charge < -0.3 is 0 Å². The molecule has 0 saturated heterocycles. The molecule has 1 aromatic carbocycles. The molecule has 0 aromatic heterocycles. The van der Waals surface area contributed by atoms with Crippen LogP contribution in [-0.4, -0.2) is 4.92 Å². The second-order valence-electron chi connectivity index (χ2n) is 3.36. The molecule has 1 aromatic rings. The summed E-state index contributed by atoms with van der Waals surface area (Å²) in [4.78, 5) is 10.1. The van der Waals surface area contributed by atoms with Gasteiger partial charge in [-0.05, 0) is 24.3 Å². The van der Waals surface area contributed by atoms with Crippen LogP contribution in [0.1, 0.15) is 24.3 Å². The molecule has 0 atom stereocenters. The summed E-state index contributed by atoms with van der Waals surface area (Å²) < 4.78 is 0. The molecule has 2 rings (SSSR count). The van der Waals surface area contributed by atoms with Crippen LogP contribution >= 0.6 is 23.2 Å². The summed E-state index contributed by atoms with van der Waals surface area (Å²) >= 11 is 11.7. The number of rotatable bonds is 2. The average molecular weight is 232 g/mol. The molecule has 0 N–H and O–H groups in total.